The topological polar surface area (TPSA) is 82.9 Å². The van der Waals surface area contributed by atoms with Crippen LogP contribution in [0.25, 0.3) is 27.3 Å². The molecule has 7 nitrogen and oxygen atoms in total. The Balaban J connectivity index is 1.59. The van der Waals surface area contributed by atoms with Gasteiger partial charge in [-0.2, -0.15) is 4.98 Å². The van der Waals surface area contributed by atoms with Gasteiger partial charge in [-0.1, -0.05) is 23.4 Å². The molecule has 3 aromatic heterocycles. The first-order chi connectivity index (χ1) is 15.2. The fraction of sp³-hybridized carbons (Fsp3) is 0.0909. The SMILES string of the molecule is CSc1ccc(-c2noc(Cn3c(=O)n(-c4ccccc4)c(=O)c4sccc43)n2)cc1. The number of benzene rings is 2. The fourth-order valence-corrected chi connectivity index (χ4v) is 4.59. The summed E-state index contributed by atoms with van der Waals surface area (Å²) in [6.07, 6.45) is 2.01. The number of aromatic nitrogens is 4. The smallest absolute Gasteiger partial charge is 0.336 e. The van der Waals surface area contributed by atoms with Crippen LogP contribution < -0.4 is 11.2 Å². The van der Waals surface area contributed by atoms with Gasteiger partial charge in [0.25, 0.3) is 5.56 Å². The highest BCUT2D eigenvalue weighted by molar-refractivity contribution is 7.98. The lowest BCUT2D eigenvalue weighted by molar-refractivity contribution is 0.370. The molecule has 0 amide bonds. The Bertz CT molecular complexity index is 1480. The average Bonchev–Trinajstić information content (AvgIpc) is 3.48. The van der Waals surface area contributed by atoms with Crippen LogP contribution in [0.15, 0.2) is 85.1 Å². The van der Waals surface area contributed by atoms with E-state index in [4.69, 9.17) is 4.52 Å². The number of nitrogens with zero attached hydrogens (tertiary/aromatic N) is 4. The molecule has 0 spiro atoms. The first-order valence-electron chi connectivity index (χ1n) is 9.41. The quantitative estimate of drug-likeness (QED) is 0.378. The molecule has 9 heteroatoms. The summed E-state index contributed by atoms with van der Waals surface area (Å²) in [5, 5.41) is 5.85. The first kappa shape index (κ1) is 19.5. The van der Waals surface area contributed by atoms with Crippen LogP contribution in [0.3, 0.4) is 0 Å². The second-order valence-corrected chi connectivity index (χ2v) is 8.52. The highest BCUT2D eigenvalue weighted by Crippen LogP contribution is 2.22. The summed E-state index contributed by atoms with van der Waals surface area (Å²) in [7, 11) is 0. The zero-order valence-corrected chi connectivity index (χ0v) is 18.0. The van der Waals surface area contributed by atoms with Crippen LogP contribution in [0, 0.1) is 0 Å². The molecule has 0 saturated heterocycles. The van der Waals surface area contributed by atoms with Crippen molar-refractivity contribution in [3.05, 3.63) is 92.8 Å². The van der Waals surface area contributed by atoms with Gasteiger partial charge in [0, 0.05) is 10.5 Å². The third-order valence-electron chi connectivity index (χ3n) is 4.88. The van der Waals surface area contributed by atoms with E-state index in [1.54, 1.807) is 47.5 Å². The number of thiophene rings is 1. The van der Waals surface area contributed by atoms with Crippen molar-refractivity contribution in [3.8, 4) is 17.1 Å². The summed E-state index contributed by atoms with van der Waals surface area (Å²) in [6.45, 7) is 0.0646. The summed E-state index contributed by atoms with van der Waals surface area (Å²) in [5.41, 5.74) is 1.11. The minimum Gasteiger partial charge on any atom is -0.337 e. The van der Waals surface area contributed by atoms with E-state index in [1.807, 2.05) is 36.6 Å². The van der Waals surface area contributed by atoms with Crippen LogP contribution in [0.4, 0.5) is 0 Å². The van der Waals surface area contributed by atoms with Crippen molar-refractivity contribution < 1.29 is 4.52 Å². The number of hydrogen-bond donors (Lipinski definition) is 0. The molecule has 0 N–H and O–H groups in total. The van der Waals surface area contributed by atoms with Gasteiger partial charge in [-0.25, -0.2) is 9.36 Å². The molecule has 0 bridgehead atoms. The molecule has 154 valence electrons. The summed E-state index contributed by atoms with van der Waals surface area (Å²) in [4.78, 5) is 31.9. The van der Waals surface area contributed by atoms with Crippen molar-refractivity contribution in [3.63, 3.8) is 0 Å². The van der Waals surface area contributed by atoms with E-state index in [2.05, 4.69) is 10.1 Å². The van der Waals surface area contributed by atoms with E-state index in [-0.39, 0.29) is 18.0 Å². The van der Waals surface area contributed by atoms with Crippen molar-refractivity contribution in [1.82, 2.24) is 19.3 Å². The minimum atomic E-state index is -0.453. The van der Waals surface area contributed by atoms with Gasteiger partial charge in [-0.15, -0.1) is 23.1 Å². The van der Waals surface area contributed by atoms with Crippen molar-refractivity contribution in [2.24, 2.45) is 0 Å². The molecular weight excluding hydrogens is 432 g/mol. The summed E-state index contributed by atoms with van der Waals surface area (Å²) < 4.78 is 8.59. The second kappa shape index (κ2) is 8.01. The predicted molar refractivity (Wildman–Crippen MR) is 122 cm³/mol. The van der Waals surface area contributed by atoms with Crippen LogP contribution in [0.5, 0.6) is 0 Å². The molecular formula is C22H16N4O3S2. The third kappa shape index (κ3) is 3.51. The van der Waals surface area contributed by atoms with Crippen LogP contribution in [-0.4, -0.2) is 25.5 Å². The molecule has 5 aromatic rings. The lowest BCUT2D eigenvalue weighted by Crippen LogP contribution is -2.38. The van der Waals surface area contributed by atoms with Crippen LogP contribution in [0.2, 0.25) is 0 Å². The van der Waals surface area contributed by atoms with Gasteiger partial charge < -0.3 is 4.52 Å². The van der Waals surface area contributed by atoms with E-state index in [0.717, 1.165) is 10.5 Å². The molecule has 0 fully saturated rings. The van der Waals surface area contributed by atoms with E-state index in [0.29, 0.717) is 21.7 Å². The number of hydrogen-bond acceptors (Lipinski definition) is 7. The van der Waals surface area contributed by atoms with Crippen molar-refractivity contribution in [2.75, 3.05) is 6.26 Å². The molecule has 0 atom stereocenters. The van der Waals surface area contributed by atoms with Gasteiger partial charge in [0.2, 0.25) is 11.7 Å². The second-order valence-electron chi connectivity index (χ2n) is 6.72. The Labute approximate surface area is 184 Å². The summed E-state index contributed by atoms with van der Waals surface area (Å²) >= 11 is 2.95. The summed E-state index contributed by atoms with van der Waals surface area (Å²) in [5.74, 6) is 0.741. The molecule has 3 heterocycles. The standard InChI is InChI=1S/C22H16N4O3S2/c1-30-16-9-7-14(8-10-16)20-23-18(29-24-20)13-25-17-11-12-31-19(17)21(27)26(22(25)28)15-5-3-2-4-6-15/h2-12H,13H2,1H3. The molecule has 0 aliphatic rings. The predicted octanol–water partition coefficient (Wildman–Crippen LogP) is 4.03. The number of fused-ring (bicyclic) bond motifs is 1. The maximum absolute atomic E-state index is 13.3. The van der Waals surface area contributed by atoms with Gasteiger partial charge in [0.15, 0.2) is 0 Å². The number of para-hydroxylation sites is 1. The van der Waals surface area contributed by atoms with Crippen molar-refractivity contribution in [1.29, 1.82) is 0 Å². The lowest BCUT2D eigenvalue weighted by atomic mass is 10.2. The van der Waals surface area contributed by atoms with Crippen molar-refractivity contribution in [2.45, 2.75) is 11.4 Å². The number of thioether (sulfide) groups is 1. The third-order valence-corrected chi connectivity index (χ3v) is 6.51. The Morgan fingerprint density at radius 2 is 1.81 bits per heavy atom. The van der Waals surface area contributed by atoms with Gasteiger partial charge in [0.1, 0.15) is 11.2 Å². The average molecular weight is 449 g/mol. The Hall–Kier alpha value is -3.43. The monoisotopic (exact) mass is 448 g/mol. The van der Waals surface area contributed by atoms with Crippen LogP contribution in [-0.2, 0) is 6.54 Å². The van der Waals surface area contributed by atoms with Crippen LogP contribution in [0.1, 0.15) is 5.89 Å². The van der Waals surface area contributed by atoms with Crippen molar-refractivity contribution >= 4 is 33.3 Å². The Kier molecular flexibility index (Phi) is 5.05. The molecule has 0 saturated carbocycles. The Morgan fingerprint density at radius 1 is 1.03 bits per heavy atom. The van der Waals surface area contributed by atoms with E-state index < -0.39 is 5.69 Å². The van der Waals surface area contributed by atoms with E-state index >= 15 is 0 Å². The molecule has 2 aromatic carbocycles. The maximum atomic E-state index is 13.3. The molecule has 0 unspecified atom stereocenters. The fourth-order valence-electron chi connectivity index (χ4n) is 3.36. The zero-order valence-electron chi connectivity index (χ0n) is 16.4. The summed E-state index contributed by atoms with van der Waals surface area (Å²) in [6, 6.07) is 18.5. The van der Waals surface area contributed by atoms with Crippen LogP contribution >= 0.6 is 23.1 Å². The molecule has 5 rings (SSSR count). The lowest BCUT2D eigenvalue weighted by Gasteiger charge is -2.10. The number of rotatable bonds is 5. The molecule has 31 heavy (non-hydrogen) atoms. The van der Waals surface area contributed by atoms with E-state index in [9.17, 15) is 9.59 Å². The Morgan fingerprint density at radius 3 is 2.55 bits per heavy atom. The molecule has 0 radical (unpaired) electrons. The van der Waals surface area contributed by atoms with Gasteiger partial charge in [-0.05, 0) is 54.1 Å². The first-order valence-corrected chi connectivity index (χ1v) is 11.5. The van der Waals surface area contributed by atoms with Gasteiger partial charge >= 0.3 is 5.69 Å². The van der Waals surface area contributed by atoms with E-state index in [1.165, 1.54) is 20.5 Å². The highest BCUT2D eigenvalue weighted by atomic mass is 32.2. The highest BCUT2D eigenvalue weighted by Gasteiger charge is 2.18. The largest absolute Gasteiger partial charge is 0.337 e. The zero-order chi connectivity index (χ0) is 21.4. The van der Waals surface area contributed by atoms with Gasteiger partial charge in [-0.3, -0.25) is 9.36 Å². The molecule has 0 aliphatic heterocycles. The normalized spacial score (nSPS) is 11.3. The molecule has 0 aliphatic carbocycles. The van der Waals surface area contributed by atoms with Gasteiger partial charge in [0.05, 0.1) is 11.2 Å². The minimum absolute atomic E-state index is 0.0646. The maximum Gasteiger partial charge on any atom is 0.336 e.